The Kier molecular flexibility index (Phi) is 3.00. The van der Waals surface area contributed by atoms with E-state index in [-0.39, 0.29) is 5.82 Å². The van der Waals surface area contributed by atoms with Crippen molar-refractivity contribution in [2.24, 2.45) is 0 Å². The second-order valence-corrected chi connectivity index (χ2v) is 2.75. The van der Waals surface area contributed by atoms with E-state index in [2.05, 4.69) is 15.9 Å². The molecule has 0 saturated heterocycles. The highest BCUT2D eigenvalue weighted by atomic mass is 79.9. The third-order valence-electron chi connectivity index (χ3n) is 1.42. The summed E-state index contributed by atoms with van der Waals surface area (Å²) in [4.78, 5) is 0. The molecule has 11 heavy (non-hydrogen) atoms. The van der Waals surface area contributed by atoms with Gasteiger partial charge in [0.15, 0.2) is 0 Å². The molecule has 0 aliphatic heterocycles. The van der Waals surface area contributed by atoms with Gasteiger partial charge < -0.3 is 0 Å². The number of hydrogen-bond acceptors (Lipinski definition) is 0. The molecule has 3 heteroatoms. The predicted octanol–water partition coefficient (Wildman–Crippen LogP) is 3.19. The van der Waals surface area contributed by atoms with Crippen LogP contribution in [0.25, 0.3) is 0 Å². The average Bonchev–Trinajstić information content (AvgIpc) is 2.04. The van der Waals surface area contributed by atoms with Crippen LogP contribution in [0.2, 0.25) is 0 Å². The summed E-state index contributed by atoms with van der Waals surface area (Å²) < 4.78 is 24.8. The first-order valence-corrected chi connectivity index (χ1v) is 4.29. The lowest BCUT2D eigenvalue weighted by molar-refractivity contribution is 0.482. The van der Waals surface area contributed by atoms with Crippen molar-refractivity contribution in [2.45, 2.75) is 12.0 Å². The topological polar surface area (TPSA) is 0 Å². The van der Waals surface area contributed by atoms with E-state index in [0.29, 0.717) is 16.5 Å². The fourth-order valence-corrected chi connectivity index (χ4v) is 1.24. The van der Waals surface area contributed by atoms with E-state index in [1.807, 2.05) is 0 Å². The summed E-state index contributed by atoms with van der Waals surface area (Å²) in [5.41, 5.74) is 0.939. The van der Waals surface area contributed by atoms with Crippen LogP contribution < -0.4 is 0 Å². The predicted molar refractivity (Wildman–Crippen MR) is 43.8 cm³/mol. The van der Waals surface area contributed by atoms with E-state index < -0.39 is 6.67 Å². The van der Waals surface area contributed by atoms with Crippen molar-refractivity contribution in [2.75, 3.05) is 0 Å². The molecule has 0 fully saturated rings. The van der Waals surface area contributed by atoms with E-state index in [9.17, 15) is 8.78 Å². The van der Waals surface area contributed by atoms with Crippen LogP contribution >= 0.6 is 15.9 Å². The molecule has 0 atom stereocenters. The summed E-state index contributed by atoms with van der Waals surface area (Å²) in [5.74, 6) is -0.350. The largest absolute Gasteiger partial charge is 0.246 e. The van der Waals surface area contributed by atoms with E-state index in [4.69, 9.17) is 0 Å². The third-order valence-corrected chi connectivity index (χ3v) is 2.02. The molecule has 0 amide bonds. The molecule has 60 valence electrons. The minimum absolute atomic E-state index is 0.350. The van der Waals surface area contributed by atoms with Gasteiger partial charge in [0.2, 0.25) is 0 Å². The molecule has 1 aromatic carbocycles. The molecule has 0 spiro atoms. The number of benzene rings is 1. The molecular formula is C8H7BrF2. The second-order valence-electron chi connectivity index (χ2n) is 2.19. The Morgan fingerprint density at radius 2 is 2.09 bits per heavy atom. The zero-order valence-corrected chi connectivity index (χ0v) is 7.37. The molecule has 1 rings (SSSR count). The number of hydrogen-bond donors (Lipinski definition) is 0. The van der Waals surface area contributed by atoms with E-state index >= 15 is 0 Å². The molecule has 0 unspecified atom stereocenters. The van der Waals surface area contributed by atoms with Crippen LogP contribution in [-0.4, -0.2) is 0 Å². The second kappa shape index (κ2) is 3.81. The standard InChI is InChI=1S/C8H7BrF2/c9-4-7-2-1-6(5-10)3-8(7)11/h1-3H,4-5H2. The average molecular weight is 221 g/mol. The Morgan fingerprint density at radius 1 is 1.36 bits per heavy atom. The lowest BCUT2D eigenvalue weighted by Gasteiger charge is -1.99. The molecule has 0 bridgehead atoms. The van der Waals surface area contributed by atoms with Gasteiger partial charge in [-0.25, -0.2) is 8.78 Å². The zero-order chi connectivity index (χ0) is 8.27. The number of alkyl halides is 2. The van der Waals surface area contributed by atoms with Gasteiger partial charge >= 0.3 is 0 Å². The monoisotopic (exact) mass is 220 g/mol. The molecule has 0 nitrogen and oxygen atoms in total. The van der Waals surface area contributed by atoms with Crippen molar-refractivity contribution >= 4 is 15.9 Å². The van der Waals surface area contributed by atoms with E-state index in [1.54, 1.807) is 12.1 Å². The van der Waals surface area contributed by atoms with E-state index in [0.717, 1.165) is 0 Å². The smallest absolute Gasteiger partial charge is 0.127 e. The zero-order valence-electron chi connectivity index (χ0n) is 5.78. The molecule has 0 heterocycles. The highest BCUT2D eigenvalue weighted by molar-refractivity contribution is 9.08. The summed E-state index contributed by atoms with van der Waals surface area (Å²) in [6.45, 7) is -0.612. The van der Waals surface area contributed by atoms with Crippen LogP contribution in [0.4, 0.5) is 8.78 Å². The molecule has 0 aliphatic carbocycles. The van der Waals surface area contributed by atoms with Crippen LogP contribution in [0.15, 0.2) is 18.2 Å². The number of rotatable bonds is 2. The Bertz CT molecular complexity index is 248. The molecule has 0 saturated carbocycles. The summed E-state index contributed by atoms with van der Waals surface area (Å²) in [6.07, 6.45) is 0. The number of halogens is 3. The maximum absolute atomic E-state index is 12.8. The van der Waals surface area contributed by atoms with Crippen molar-refractivity contribution in [3.8, 4) is 0 Å². The first-order valence-electron chi connectivity index (χ1n) is 3.17. The fraction of sp³-hybridized carbons (Fsp3) is 0.250. The molecule has 0 radical (unpaired) electrons. The Hall–Kier alpha value is -0.440. The van der Waals surface area contributed by atoms with Crippen molar-refractivity contribution in [1.82, 2.24) is 0 Å². The summed E-state index contributed by atoms with van der Waals surface area (Å²) in [5, 5.41) is 0.464. The highest BCUT2D eigenvalue weighted by Crippen LogP contribution is 2.13. The quantitative estimate of drug-likeness (QED) is 0.672. The summed E-state index contributed by atoms with van der Waals surface area (Å²) in [6, 6.07) is 4.38. The van der Waals surface area contributed by atoms with Crippen LogP contribution in [0.1, 0.15) is 11.1 Å². The van der Waals surface area contributed by atoms with Gasteiger partial charge in [-0.3, -0.25) is 0 Å². The van der Waals surface area contributed by atoms with Gasteiger partial charge in [-0.05, 0) is 17.2 Å². The Morgan fingerprint density at radius 3 is 2.55 bits per heavy atom. The van der Waals surface area contributed by atoms with Crippen LogP contribution in [-0.2, 0) is 12.0 Å². The maximum Gasteiger partial charge on any atom is 0.127 e. The molecular weight excluding hydrogens is 214 g/mol. The molecule has 0 aliphatic rings. The molecule has 1 aromatic rings. The van der Waals surface area contributed by atoms with Crippen molar-refractivity contribution in [3.05, 3.63) is 35.1 Å². The van der Waals surface area contributed by atoms with Gasteiger partial charge in [-0.1, -0.05) is 28.1 Å². The van der Waals surface area contributed by atoms with Gasteiger partial charge in [0.05, 0.1) is 0 Å². The third kappa shape index (κ3) is 1.99. The first-order chi connectivity index (χ1) is 5.27. The maximum atomic E-state index is 12.8. The first kappa shape index (κ1) is 8.65. The van der Waals surface area contributed by atoms with Crippen LogP contribution in [0.3, 0.4) is 0 Å². The minimum atomic E-state index is -0.612. The normalized spacial score (nSPS) is 10.1. The van der Waals surface area contributed by atoms with Crippen molar-refractivity contribution < 1.29 is 8.78 Å². The van der Waals surface area contributed by atoms with Crippen LogP contribution in [0, 0.1) is 5.82 Å². The minimum Gasteiger partial charge on any atom is -0.246 e. The van der Waals surface area contributed by atoms with Crippen molar-refractivity contribution in [1.29, 1.82) is 0 Å². The van der Waals surface area contributed by atoms with Gasteiger partial charge in [0, 0.05) is 5.33 Å². The van der Waals surface area contributed by atoms with Gasteiger partial charge in [-0.2, -0.15) is 0 Å². The van der Waals surface area contributed by atoms with Gasteiger partial charge in [0.1, 0.15) is 12.5 Å². The summed E-state index contributed by atoms with van der Waals surface area (Å²) in [7, 11) is 0. The van der Waals surface area contributed by atoms with E-state index in [1.165, 1.54) is 6.07 Å². The fourth-order valence-electron chi connectivity index (χ4n) is 0.782. The van der Waals surface area contributed by atoms with Crippen molar-refractivity contribution in [3.63, 3.8) is 0 Å². The molecule has 0 aromatic heterocycles. The lowest BCUT2D eigenvalue weighted by atomic mass is 10.1. The summed E-state index contributed by atoms with van der Waals surface area (Å²) >= 11 is 3.12. The molecule has 0 N–H and O–H groups in total. The highest BCUT2D eigenvalue weighted by Gasteiger charge is 2.00. The Labute approximate surface area is 72.4 Å². The van der Waals surface area contributed by atoms with Crippen LogP contribution in [0.5, 0.6) is 0 Å². The van der Waals surface area contributed by atoms with Gasteiger partial charge in [-0.15, -0.1) is 0 Å². The SMILES string of the molecule is FCc1ccc(CBr)c(F)c1. The lowest BCUT2D eigenvalue weighted by Crippen LogP contribution is -1.87. The Balaban J connectivity index is 2.99. The van der Waals surface area contributed by atoms with Gasteiger partial charge in [0.25, 0.3) is 0 Å².